The first-order chi connectivity index (χ1) is 11.2. The predicted octanol–water partition coefficient (Wildman–Crippen LogP) is 3.69. The van der Waals surface area contributed by atoms with Crippen molar-refractivity contribution in [3.05, 3.63) is 46.4 Å². The molecule has 0 amide bonds. The highest BCUT2D eigenvalue weighted by molar-refractivity contribution is 8.00. The quantitative estimate of drug-likeness (QED) is 0.455. The number of hydrogen-bond donors (Lipinski definition) is 2. The third-order valence-electron chi connectivity index (χ3n) is 3.02. The summed E-state index contributed by atoms with van der Waals surface area (Å²) in [6, 6.07) is 10.5. The summed E-state index contributed by atoms with van der Waals surface area (Å²) in [6.07, 6.45) is 1.90. The van der Waals surface area contributed by atoms with Gasteiger partial charge in [0.05, 0.1) is 6.54 Å². The molecule has 1 aromatic heterocycles. The van der Waals surface area contributed by atoms with E-state index in [0.717, 1.165) is 24.1 Å². The van der Waals surface area contributed by atoms with E-state index in [1.807, 2.05) is 24.0 Å². The standard InChI is InChI=1S/C17H24N4S2/c1-4-18-17(21-12-16-19-10-14(3)23-16)20-11-13(2)22-15-8-6-5-7-9-15/h5-10,13H,4,11-12H2,1-3H3,(H2,18,20,21). The lowest BCUT2D eigenvalue weighted by atomic mass is 10.4. The molecule has 2 N–H and O–H groups in total. The van der Waals surface area contributed by atoms with Crippen molar-refractivity contribution in [1.82, 2.24) is 15.6 Å². The number of aliphatic imine (C=N–C) groups is 1. The van der Waals surface area contributed by atoms with Crippen LogP contribution in [-0.2, 0) is 6.54 Å². The van der Waals surface area contributed by atoms with Gasteiger partial charge in [-0.15, -0.1) is 23.1 Å². The second-order valence-electron chi connectivity index (χ2n) is 5.18. The third-order valence-corrected chi connectivity index (χ3v) is 5.03. The van der Waals surface area contributed by atoms with Crippen molar-refractivity contribution in [1.29, 1.82) is 0 Å². The summed E-state index contributed by atoms with van der Waals surface area (Å²) >= 11 is 3.56. The highest BCUT2D eigenvalue weighted by atomic mass is 32.2. The van der Waals surface area contributed by atoms with Crippen LogP contribution in [0.15, 0.2) is 46.4 Å². The van der Waals surface area contributed by atoms with Crippen molar-refractivity contribution in [2.45, 2.75) is 37.5 Å². The van der Waals surface area contributed by atoms with E-state index in [1.165, 1.54) is 9.77 Å². The van der Waals surface area contributed by atoms with Crippen LogP contribution in [0.5, 0.6) is 0 Å². The maximum Gasteiger partial charge on any atom is 0.191 e. The molecule has 124 valence electrons. The van der Waals surface area contributed by atoms with Gasteiger partial charge in [-0.1, -0.05) is 25.1 Å². The Labute approximate surface area is 146 Å². The molecule has 4 nitrogen and oxygen atoms in total. The van der Waals surface area contributed by atoms with Gasteiger partial charge >= 0.3 is 0 Å². The van der Waals surface area contributed by atoms with Crippen molar-refractivity contribution < 1.29 is 0 Å². The van der Waals surface area contributed by atoms with Gasteiger partial charge in [0, 0.05) is 34.3 Å². The Bertz CT molecular complexity index is 610. The van der Waals surface area contributed by atoms with E-state index in [1.54, 1.807) is 11.3 Å². The Balaban J connectivity index is 1.83. The molecule has 6 heteroatoms. The first-order valence-electron chi connectivity index (χ1n) is 7.82. The summed E-state index contributed by atoms with van der Waals surface area (Å²) in [5.41, 5.74) is 0. The van der Waals surface area contributed by atoms with Gasteiger partial charge in [0.15, 0.2) is 5.96 Å². The molecule has 0 radical (unpaired) electrons. The number of nitrogens with zero attached hydrogens (tertiary/aromatic N) is 2. The molecule has 0 saturated heterocycles. The van der Waals surface area contributed by atoms with Crippen LogP contribution in [0, 0.1) is 6.92 Å². The first kappa shape index (κ1) is 17.8. The Hall–Kier alpha value is -1.53. The average Bonchev–Trinajstić information content (AvgIpc) is 2.96. The lowest BCUT2D eigenvalue weighted by Crippen LogP contribution is -2.40. The summed E-state index contributed by atoms with van der Waals surface area (Å²) in [5, 5.41) is 8.21. The maximum absolute atomic E-state index is 4.61. The van der Waals surface area contributed by atoms with Crippen LogP contribution >= 0.6 is 23.1 Å². The minimum absolute atomic E-state index is 0.461. The molecule has 0 bridgehead atoms. The molecule has 0 aliphatic rings. The molecule has 23 heavy (non-hydrogen) atoms. The number of hydrogen-bond acceptors (Lipinski definition) is 4. The van der Waals surface area contributed by atoms with Gasteiger partial charge in [0.2, 0.25) is 0 Å². The number of nitrogens with one attached hydrogen (secondary N) is 2. The number of thioether (sulfide) groups is 1. The van der Waals surface area contributed by atoms with Gasteiger partial charge < -0.3 is 10.6 Å². The molecule has 0 aliphatic heterocycles. The van der Waals surface area contributed by atoms with Crippen LogP contribution in [0.4, 0.5) is 0 Å². The molecule has 1 atom stereocenters. The maximum atomic E-state index is 4.61. The minimum Gasteiger partial charge on any atom is -0.357 e. The lowest BCUT2D eigenvalue weighted by Gasteiger charge is -2.15. The molecule has 0 saturated carbocycles. The smallest absolute Gasteiger partial charge is 0.191 e. The van der Waals surface area contributed by atoms with Crippen molar-refractivity contribution in [2.24, 2.45) is 4.99 Å². The van der Waals surface area contributed by atoms with Crippen LogP contribution in [0.25, 0.3) is 0 Å². The second-order valence-corrected chi connectivity index (χ2v) is 8.01. The van der Waals surface area contributed by atoms with Crippen LogP contribution < -0.4 is 10.6 Å². The Morgan fingerprint density at radius 2 is 2.09 bits per heavy atom. The fourth-order valence-electron chi connectivity index (χ4n) is 1.98. The van der Waals surface area contributed by atoms with Gasteiger partial charge in [0.1, 0.15) is 5.01 Å². The van der Waals surface area contributed by atoms with Gasteiger partial charge in [-0.05, 0) is 26.0 Å². The van der Waals surface area contributed by atoms with E-state index in [-0.39, 0.29) is 0 Å². The molecular weight excluding hydrogens is 324 g/mol. The van der Waals surface area contributed by atoms with Gasteiger partial charge in [0.25, 0.3) is 0 Å². The van der Waals surface area contributed by atoms with Gasteiger partial charge in [-0.25, -0.2) is 9.98 Å². The number of guanidine groups is 1. The Morgan fingerprint density at radius 1 is 1.30 bits per heavy atom. The summed E-state index contributed by atoms with van der Waals surface area (Å²) in [5.74, 6) is 0.848. The SMILES string of the molecule is CCNC(=NCc1ncc(C)s1)NCC(C)Sc1ccccc1. The number of thiazole rings is 1. The van der Waals surface area contributed by atoms with E-state index < -0.39 is 0 Å². The van der Waals surface area contributed by atoms with Crippen molar-refractivity contribution in [3.63, 3.8) is 0 Å². The van der Waals surface area contributed by atoms with Crippen LogP contribution in [-0.4, -0.2) is 29.3 Å². The van der Waals surface area contributed by atoms with E-state index in [0.29, 0.717) is 11.8 Å². The zero-order valence-corrected chi connectivity index (χ0v) is 15.5. The minimum atomic E-state index is 0.461. The zero-order chi connectivity index (χ0) is 16.5. The number of aryl methyl sites for hydroxylation is 1. The third kappa shape index (κ3) is 6.62. The summed E-state index contributed by atoms with van der Waals surface area (Å²) in [6.45, 7) is 8.70. The number of benzene rings is 1. The summed E-state index contributed by atoms with van der Waals surface area (Å²) in [7, 11) is 0. The van der Waals surface area contributed by atoms with Crippen LogP contribution in [0.3, 0.4) is 0 Å². The van der Waals surface area contributed by atoms with Crippen molar-refractivity contribution in [2.75, 3.05) is 13.1 Å². The summed E-state index contributed by atoms with van der Waals surface area (Å²) in [4.78, 5) is 11.5. The first-order valence-corrected chi connectivity index (χ1v) is 9.52. The predicted molar refractivity (Wildman–Crippen MR) is 101 cm³/mol. The Morgan fingerprint density at radius 3 is 2.74 bits per heavy atom. The van der Waals surface area contributed by atoms with Gasteiger partial charge in [-0.3, -0.25) is 0 Å². The Kier molecular flexibility index (Phi) is 7.42. The highest BCUT2D eigenvalue weighted by Gasteiger charge is 2.06. The summed E-state index contributed by atoms with van der Waals surface area (Å²) < 4.78 is 0. The highest BCUT2D eigenvalue weighted by Crippen LogP contribution is 2.21. The topological polar surface area (TPSA) is 49.3 Å². The molecular formula is C17H24N4S2. The van der Waals surface area contributed by atoms with E-state index >= 15 is 0 Å². The normalized spacial score (nSPS) is 12.9. The van der Waals surface area contributed by atoms with E-state index in [4.69, 9.17) is 0 Å². The fourth-order valence-corrected chi connectivity index (χ4v) is 3.63. The molecule has 0 aliphatic carbocycles. The molecule has 2 aromatic rings. The molecule has 0 spiro atoms. The molecule has 2 rings (SSSR count). The van der Waals surface area contributed by atoms with Crippen molar-refractivity contribution >= 4 is 29.1 Å². The van der Waals surface area contributed by atoms with Crippen LogP contribution in [0.1, 0.15) is 23.7 Å². The monoisotopic (exact) mass is 348 g/mol. The fraction of sp³-hybridized carbons (Fsp3) is 0.412. The average molecular weight is 349 g/mol. The molecule has 1 heterocycles. The zero-order valence-electron chi connectivity index (χ0n) is 13.9. The lowest BCUT2D eigenvalue weighted by molar-refractivity contribution is 0.794. The molecule has 1 aromatic carbocycles. The van der Waals surface area contributed by atoms with Crippen LogP contribution in [0.2, 0.25) is 0 Å². The van der Waals surface area contributed by atoms with E-state index in [9.17, 15) is 0 Å². The van der Waals surface area contributed by atoms with Gasteiger partial charge in [-0.2, -0.15) is 0 Å². The number of rotatable bonds is 7. The largest absolute Gasteiger partial charge is 0.357 e. The number of aromatic nitrogens is 1. The van der Waals surface area contributed by atoms with Crippen molar-refractivity contribution in [3.8, 4) is 0 Å². The van der Waals surface area contributed by atoms with E-state index in [2.05, 4.69) is 65.6 Å². The molecule has 1 unspecified atom stereocenters. The second kappa shape index (κ2) is 9.57. The molecule has 0 fully saturated rings.